The van der Waals surface area contributed by atoms with Crippen LogP contribution >= 0.6 is 0 Å². The van der Waals surface area contributed by atoms with Crippen LogP contribution in [0.2, 0.25) is 0 Å². The fourth-order valence-electron chi connectivity index (χ4n) is 2.79. The summed E-state index contributed by atoms with van der Waals surface area (Å²) in [7, 11) is 0. The number of nitrogens with zero attached hydrogens (tertiary/aromatic N) is 1. The summed E-state index contributed by atoms with van der Waals surface area (Å²) in [6.07, 6.45) is 0.398. The van der Waals surface area contributed by atoms with Crippen molar-refractivity contribution in [3.05, 3.63) is 35.6 Å². The van der Waals surface area contributed by atoms with Gasteiger partial charge in [0.1, 0.15) is 5.82 Å². The quantitative estimate of drug-likeness (QED) is 0.717. The van der Waals surface area contributed by atoms with Crippen molar-refractivity contribution in [3.8, 4) is 0 Å². The molecule has 0 saturated carbocycles. The molecular formula is C18H24FN3O3. The summed E-state index contributed by atoms with van der Waals surface area (Å²) in [5.41, 5.74) is 0.723. The summed E-state index contributed by atoms with van der Waals surface area (Å²) in [4.78, 5) is 37.4. The molecule has 6 nitrogen and oxygen atoms in total. The van der Waals surface area contributed by atoms with Crippen molar-refractivity contribution in [1.82, 2.24) is 15.5 Å². The summed E-state index contributed by atoms with van der Waals surface area (Å²) in [5, 5.41) is 5.45. The maximum atomic E-state index is 12.8. The highest BCUT2D eigenvalue weighted by atomic mass is 19.1. The molecule has 3 amide bonds. The van der Waals surface area contributed by atoms with E-state index in [1.165, 1.54) is 12.1 Å². The number of benzene rings is 1. The van der Waals surface area contributed by atoms with Crippen molar-refractivity contribution in [3.63, 3.8) is 0 Å². The minimum absolute atomic E-state index is 0.00255. The Bertz CT molecular complexity index is 631. The van der Waals surface area contributed by atoms with Crippen LogP contribution in [0.25, 0.3) is 0 Å². The Morgan fingerprint density at radius 3 is 2.44 bits per heavy atom. The van der Waals surface area contributed by atoms with Gasteiger partial charge in [-0.05, 0) is 31.5 Å². The first-order chi connectivity index (χ1) is 11.9. The highest BCUT2D eigenvalue weighted by Gasteiger charge is 2.35. The molecule has 0 aliphatic carbocycles. The minimum atomic E-state index is -0.340. The topological polar surface area (TPSA) is 78.5 Å². The van der Waals surface area contributed by atoms with Gasteiger partial charge in [-0.15, -0.1) is 0 Å². The lowest BCUT2D eigenvalue weighted by atomic mass is 10.1. The largest absolute Gasteiger partial charge is 0.354 e. The van der Waals surface area contributed by atoms with Crippen molar-refractivity contribution < 1.29 is 18.8 Å². The van der Waals surface area contributed by atoms with Crippen LogP contribution in [0.1, 0.15) is 25.8 Å². The van der Waals surface area contributed by atoms with Crippen molar-refractivity contribution in [2.24, 2.45) is 5.92 Å². The first-order valence-electron chi connectivity index (χ1n) is 8.45. The average Bonchev–Trinajstić information content (AvgIpc) is 2.96. The van der Waals surface area contributed by atoms with Gasteiger partial charge < -0.3 is 15.5 Å². The van der Waals surface area contributed by atoms with E-state index in [2.05, 4.69) is 10.6 Å². The molecule has 7 heteroatoms. The second-order valence-electron chi connectivity index (χ2n) is 6.49. The molecule has 2 N–H and O–H groups in total. The van der Waals surface area contributed by atoms with E-state index in [9.17, 15) is 18.8 Å². The van der Waals surface area contributed by atoms with Gasteiger partial charge in [-0.2, -0.15) is 0 Å². The summed E-state index contributed by atoms with van der Waals surface area (Å²) < 4.78 is 12.8. The highest BCUT2D eigenvalue weighted by Crippen LogP contribution is 2.19. The first kappa shape index (κ1) is 18.9. The molecule has 1 saturated heterocycles. The van der Waals surface area contributed by atoms with Gasteiger partial charge in [0.05, 0.1) is 12.3 Å². The van der Waals surface area contributed by atoms with Gasteiger partial charge in [0, 0.05) is 32.1 Å². The molecule has 1 fully saturated rings. The lowest BCUT2D eigenvalue weighted by molar-refractivity contribution is -0.129. The maximum Gasteiger partial charge on any atom is 0.225 e. The lowest BCUT2D eigenvalue weighted by Crippen LogP contribution is -2.39. The molecule has 25 heavy (non-hydrogen) atoms. The van der Waals surface area contributed by atoms with Crippen LogP contribution in [-0.2, 0) is 20.8 Å². The van der Waals surface area contributed by atoms with Crippen LogP contribution in [0, 0.1) is 11.7 Å². The SMILES string of the molecule is CC(C)N1CC(C(=O)NCCNC(=O)Cc2ccc(F)cc2)CC1=O. The van der Waals surface area contributed by atoms with E-state index in [0.29, 0.717) is 19.6 Å². The van der Waals surface area contributed by atoms with E-state index in [0.717, 1.165) is 5.56 Å². The number of amides is 3. The average molecular weight is 349 g/mol. The zero-order valence-corrected chi connectivity index (χ0v) is 14.5. The number of hydrogen-bond acceptors (Lipinski definition) is 3. The fourth-order valence-corrected chi connectivity index (χ4v) is 2.79. The van der Waals surface area contributed by atoms with E-state index >= 15 is 0 Å². The third-order valence-electron chi connectivity index (χ3n) is 4.18. The Labute approximate surface area is 146 Å². The minimum Gasteiger partial charge on any atom is -0.354 e. The molecule has 1 unspecified atom stereocenters. The Kier molecular flexibility index (Phi) is 6.50. The smallest absolute Gasteiger partial charge is 0.225 e. The van der Waals surface area contributed by atoms with Crippen molar-refractivity contribution in [2.75, 3.05) is 19.6 Å². The number of carbonyl (C=O) groups is 3. The van der Waals surface area contributed by atoms with Crippen molar-refractivity contribution >= 4 is 17.7 Å². The summed E-state index contributed by atoms with van der Waals surface area (Å²) in [6, 6.07) is 5.84. The van der Waals surface area contributed by atoms with E-state index in [1.54, 1.807) is 17.0 Å². The Balaban J connectivity index is 1.65. The summed E-state index contributed by atoms with van der Waals surface area (Å²) >= 11 is 0. The van der Waals surface area contributed by atoms with Crippen LogP contribution in [0.4, 0.5) is 4.39 Å². The predicted octanol–water partition coefficient (Wildman–Crippen LogP) is 0.857. The monoisotopic (exact) mass is 349 g/mol. The molecule has 136 valence electrons. The maximum absolute atomic E-state index is 12.8. The molecule has 1 atom stereocenters. The molecule has 1 aromatic carbocycles. The molecule has 0 aromatic heterocycles. The van der Waals surface area contributed by atoms with Gasteiger partial charge in [-0.1, -0.05) is 12.1 Å². The van der Waals surface area contributed by atoms with Crippen LogP contribution in [-0.4, -0.2) is 48.3 Å². The van der Waals surface area contributed by atoms with Crippen LogP contribution in [0.15, 0.2) is 24.3 Å². The Morgan fingerprint density at radius 1 is 1.20 bits per heavy atom. The Morgan fingerprint density at radius 2 is 1.84 bits per heavy atom. The normalized spacial score (nSPS) is 17.0. The molecule has 0 spiro atoms. The van der Waals surface area contributed by atoms with Gasteiger partial charge >= 0.3 is 0 Å². The highest BCUT2D eigenvalue weighted by molar-refractivity contribution is 5.89. The third kappa shape index (κ3) is 5.55. The Hall–Kier alpha value is -2.44. The molecular weight excluding hydrogens is 325 g/mol. The second-order valence-corrected chi connectivity index (χ2v) is 6.49. The molecule has 0 radical (unpaired) electrons. The number of likely N-dealkylation sites (tertiary alicyclic amines) is 1. The molecule has 0 bridgehead atoms. The van der Waals surface area contributed by atoms with Crippen molar-refractivity contribution in [2.45, 2.75) is 32.7 Å². The zero-order chi connectivity index (χ0) is 18.4. The van der Waals surface area contributed by atoms with E-state index in [4.69, 9.17) is 0 Å². The van der Waals surface area contributed by atoms with Gasteiger partial charge in [-0.25, -0.2) is 4.39 Å². The standard InChI is InChI=1S/C18H24FN3O3/c1-12(2)22-11-14(10-17(22)24)18(25)21-8-7-20-16(23)9-13-3-5-15(19)6-4-13/h3-6,12,14H,7-11H2,1-2H3,(H,20,23)(H,21,25). The number of halogens is 1. The summed E-state index contributed by atoms with van der Waals surface area (Å²) in [6.45, 7) is 4.91. The van der Waals surface area contributed by atoms with Crippen LogP contribution in [0.5, 0.6) is 0 Å². The number of rotatable bonds is 7. The molecule has 1 aromatic rings. The molecule has 1 aliphatic heterocycles. The zero-order valence-electron chi connectivity index (χ0n) is 14.5. The van der Waals surface area contributed by atoms with E-state index in [1.807, 2.05) is 13.8 Å². The molecule has 1 heterocycles. The number of carbonyl (C=O) groups excluding carboxylic acids is 3. The summed E-state index contributed by atoms with van der Waals surface area (Å²) in [5.74, 6) is -1.02. The van der Waals surface area contributed by atoms with E-state index in [-0.39, 0.29) is 48.3 Å². The van der Waals surface area contributed by atoms with Gasteiger partial charge in [0.2, 0.25) is 17.7 Å². The van der Waals surface area contributed by atoms with Crippen LogP contribution < -0.4 is 10.6 Å². The molecule has 1 aliphatic rings. The number of hydrogen-bond donors (Lipinski definition) is 2. The fraction of sp³-hybridized carbons (Fsp3) is 0.500. The third-order valence-corrected chi connectivity index (χ3v) is 4.18. The lowest BCUT2D eigenvalue weighted by Gasteiger charge is -2.20. The first-order valence-corrected chi connectivity index (χ1v) is 8.45. The molecule has 2 rings (SSSR count). The van der Waals surface area contributed by atoms with Gasteiger partial charge in [0.25, 0.3) is 0 Å². The van der Waals surface area contributed by atoms with Gasteiger partial charge in [-0.3, -0.25) is 14.4 Å². The van der Waals surface area contributed by atoms with Gasteiger partial charge in [0.15, 0.2) is 0 Å². The van der Waals surface area contributed by atoms with Crippen molar-refractivity contribution in [1.29, 1.82) is 0 Å². The second kappa shape index (κ2) is 8.60. The van der Waals surface area contributed by atoms with E-state index < -0.39 is 0 Å². The predicted molar refractivity (Wildman–Crippen MR) is 91.1 cm³/mol. The van der Waals surface area contributed by atoms with Crippen LogP contribution in [0.3, 0.4) is 0 Å². The number of nitrogens with one attached hydrogen (secondary N) is 2.